The second-order valence-electron chi connectivity index (χ2n) is 9.83. The number of rotatable bonds is 8. The second-order valence-corrected chi connectivity index (χ2v) is 10.8. The van der Waals surface area contributed by atoms with Crippen molar-refractivity contribution < 1.29 is 28.0 Å². The summed E-state index contributed by atoms with van der Waals surface area (Å²) in [5.74, 6) is -0.407. The fraction of sp³-hybridized carbons (Fsp3) is 0.121. The molecule has 1 atom stereocenters. The van der Waals surface area contributed by atoms with Crippen molar-refractivity contribution in [1.29, 1.82) is 0 Å². The number of hydrogen-bond donors (Lipinski definition) is 0. The molecule has 45 heavy (non-hydrogen) atoms. The minimum atomic E-state index is -0.958. The quantitative estimate of drug-likeness (QED) is 0.131. The van der Waals surface area contributed by atoms with E-state index >= 15 is 0 Å². The third-order valence-electron chi connectivity index (χ3n) is 7.13. The van der Waals surface area contributed by atoms with Crippen molar-refractivity contribution in [2.45, 2.75) is 13.0 Å². The van der Waals surface area contributed by atoms with E-state index in [1.807, 2.05) is 30.3 Å². The first-order valence-corrected chi connectivity index (χ1v) is 14.6. The fourth-order valence-electron chi connectivity index (χ4n) is 5.06. The topological polar surface area (TPSA) is 126 Å². The van der Waals surface area contributed by atoms with Crippen LogP contribution in [0.5, 0.6) is 5.75 Å². The maximum Gasteiger partial charge on any atom is 0.338 e. The highest BCUT2D eigenvalue weighted by Crippen LogP contribution is 2.36. The van der Waals surface area contributed by atoms with Crippen molar-refractivity contribution in [3.05, 3.63) is 143 Å². The van der Waals surface area contributed by atoms with Crippen LogP contribution in [0, 0.1) is 15.9 Å². The van der Waals surface area contributed by atoms with E-state index in [9.17, 15) is 24.1 Å². The fourth-order valence-corrected chi connectivity index (χ4v) is 6.04. The first kappa shape index (κ1) is 29.5. The molecule has 3 heterocycles. The van der Waals surface area contributed by atoms with Gasteiger partial charge in [0, 0.05) is 23.3 Å². The van der Waals surface area contributed by atoms with Crippen LogP contribution in [-0.4, -0.2) is 29.2 Å². The van der Waals surface area contributed by atoms with Crippen LogP contribution >= 0.6 is 11.3 Å². The zero-order chi connectivity index (χ0) is 31.7. The van der Waals surface area contributed by atoms with Gasteiger partial charge in [0.2, 0.25) is 5.82 Å². The molecule has 6 rings (SSSR count). The van der Waals surface area contributed by atoms with Gasteiger partial charge in [0.1, 0.15) is 17.3 Å². The molecule has 12 heteroatoms. The van der Waals surface area contributed by atoms with Crippen molar-refractivity contribution in [3.63, 3.8) is 0 Å². The Balaban J connectivity index is 1.53. The van der Waals surface area contributed by atoms with Gasteiger partial charge in [-0.2, -0.15) is 4.39 Å². The molecule has 226 valence electrons. The summed E-state index contributed by atoms with van der Waals surface area (Å²) in [6, 6.07) is 22.0. The van der Waals surface area contributed by atoms with Crippen LogP contribution in [0.3, 0.4) is 0 Å². The number of furan rings is 1. The van der Waals surface area contributed by atoms with E-state index in [0.717, 1.165) is 23.5 Å². The number of carbonyl (C=O) groups excluding carboxylic acids is 1. The normalized spacial score (nSPS) is 14.6. The van der Waals surface area contributed by atoms with Crippen molar-refractivity contribution >= 4 is 34.8 Å². The van der Waals surface area contributed by atoms with Gasteiger partial charge in [-0.1, -0.05) is 53.8 Å². The van der Waals surface area contributed by atoms with E-state index in [4.69, 9.17) is 18.9 Å². The van der Waals surface area contributed by atoms with Crippen molar-refractivity contribution in [2.24, 2.45) is 4.99 Å². The van der Waals surface area contributed by atoms with Crippen LogP contribution < -0.4 is 19.6 Å². The average molecular weight is 626 g/mol. The van der Waals surface area contributed by atoms with E-state index in [1.54, 1.807) is 50.4 Å². The Kier molecular flexibility index (Phi) is 7.97. The standard InChI is InChI=1S/C33H24FN3O7S/c1-3-43-32(39)28-29(19-7-5-4-6-8-19)35-33-36(30(28)20-9-12-22(42-2)13-10-20)31(38)27(45-33)18-23-14-16-26(44-23)21-11-15-24(34)25(17-21)37(40)41/h4-18,30H,3H2,1-2H3/b27-18-/t30-/m0/s1. The Labute approximate surface area is 258 Å². The molecule has 0 unspecified atom stereocenters. The number of esters is 1. The van der Waals surface area contributed by atoms with Crippen LogP contribution in [0.15, 0.2) is 105 Å². The predicted octanol–water partition coefficient (Wildman–Crippen LogP) is 5.25. The minimum Gasteiger partial charge on any atom is -0.497 e. The van der Waals surface area contributed by atoms with Gasteiger partial charge in [0.05, 0.1) is 40.5 Å². The van der Waals surface area contributed by atoms with Gasteiger partial charge < -0.3 is 13.9 Å². The number of nitro benzene ring substituents is 1. The number of hydrogen-bond acceptors (Lipinski definition) is 9. The molecule has 1 aliphatic heterocycles. The highest BCUT2D eigenvalue weighted by atomic mass is 32.1. The first-order chi connectivity index (χ1) is 21.8. The molecule has 0 spiro atoms. The third-order valence-corrected chi connectivity index (χ3v) is 8.12. The molecular formula is C33H24FN3O7S. The number of ether oxygens (including phenoxy) is 2. The number of nitrogens with zero attached hydrogens (tertiary/aromatic N) is 3. The number of methoxy groups -OCH3 is 1. The van der Waals surface area contributed by atoms with Gasteiger partial charge in [0.15, 0.2) is 4.80 Å². The average Bonchev–Trinajstić information content (AvgIpc) is 3.65. The molecule has 3 aromatic carbocycles. The maximum absolute atomic E-state index is 14.1. The molecular weight excluding hydrogens is 601 g/mol. The Morgan fingerprint density at radius 1 is 1.09 bits per heavy atom. The molecule has 10 nitrogen and oxygen atoms in total. The largest absolute Gasteiger partial charge is 0.497 e. The van der Waals surface area contributed by atoms with E-state index in [-0.39, 0.29) is 28.2 Å². The van der Waals surface area contributed by atoms with Gasteiger partial charge in [-0.15, -0.1) is 0 Å². The van der Waals surface area contributed by atoms with E-state index in [0.29, 0.717) is 32.9 Å². The third kappa shape index (κ3) is 5.58. The van der Waals surface area contributed by atoms with Gasteiger partial charge in [0.25, 0.3) is 5.56 Å². The highest BCUT2D eigenvalue weighted by molar-refractivity contribution is 7.07. The maximum atomic E-state index is 14.1. The van der Waals surface area contributed by atoms with Crippen LogP contribution in [0.2, 0.25) is 0 Å². The number of fused-ring (bicyclic) bond motifs is 1. The van der Waals surface area contributed by atoms with Gasteiger partial charge in [-0.05, 0) is 48.9 Å². The molecule has 0 aliphatic carbocycles. The van der Waals surface area contributed by atoms with Gasteiger partial charge in [-0.25, -0.2) is 9.79 Å². The van der Waals surface area contributed by atoms with Crippen molar-refractivity contribution in [1.82, 2.24) is 4.57 Å². The van der Waals surface area contributed by atoms with Crippen LogP contribution in [-0.2, 0) is 9.53 Å². The number of aromatic nitrogens is 1. The lowest BCUT2D eigenvalue weighted by Crippen LogP contribution is -2.40. The molecule has 1 aliphatic rings. The predicted molar refractivity (Wildman–Crippen MR) is 165 cm³/mol. The Hall–Kier alpha value is -5.62. The summed E-state index contributed by atoms with van der Waals surface area (Å²) in [5, 5.41) is 11.2. The Morgan fingerprint density at radius 2 is 1.84 bits per heavy atom. The van der Waals surface area contributed by atoms with E-state index < -0.39 is 34.0 Å². The summed E-state index contributed by atoms with van der Waals surface area (Å²) in [7, 11) is 1.55. The molecule has 0 saturated heterocycles. The second kappa shape index (κ2) is 12.2. The lowest BCUT2D eigenvalue weighted by Gasteiger charge is -2.26. The summed E-state index contributed by atoms with van der Waals surface area (Å²) in [5.41, 5.74) is 1.14. The molecule has 0 amide bonds. The highest BCUT2D eigenvalue weighted by Gasteiger charge is 2.35. The van der Waals surface area contributed by atoms with Crippen LogP contribution in [0.1, 0.15) is 29.9 Å². The van der Waals surface area contributed by atoms with Crippen LogP contribution in [0.4, 0.5) is 10.1 Å². The van der Waals surface area contributed by atoms with Crippen molar-refractivity contribution in [3.8, 4) is 17.1 Å². The molecule has 5 aromatic rings. The summed E-state index contributed by atoms with van der Waals surface area (Å²) >= 11 is 1.12. The SMILES string of the molecule is CCOC(=O)C1=C(c2ccccc2)N=c2s/c(=C\c3ccc(-c4ccc(F)c([N+](=O)[O-])c4)o3)c(=O)n2[C@H]1c1ccc(OC)cc1. The summed E-state index contributed by atoms with van der Waals surface area (Å²) in [4.78, 5) is 43.2. The monoisotopic (exact) mass is 625 g/mol. The molecule has 2 aromatic heterocycles. The lowest BCUT2D eigenvalue weighted by atomic mass is 9.93. The molecule has 0 bridgehead atoms. The lowest BCUT2D eigenvalue weighted by molar-refractivity contribution is -0.387. The molecule has 0 N–H and O–H groups in total. The zero-order valence-corrected chi connectivity index (χ0v) is 24.7. The van der Waals surface area contributed by atoms with Gasteiger partial charge in [-0.3, -0.25) is 19.5 Å². The first-order valence-electron chi connectivity index (χ1n) is 13.8. The van der Waals surface area contributed by atoms with Crippen LogP contribution in [0.25, 0.3) is 23.1 Å². The summed E-state index contributed by atoms with van der Waals surface area (Å²) in [6.45, 7) is 1.84. The minimum absolute atomic E-state index is 0.127. The van der Waals surface area contributed by atoms with Crippen molar-refractivity contribution in [2.75, 3.05) is 13.7 Å². The number of nitro groups is 1. The number of benzene rings is 3. The van der Waals surface area contributed by atoms with E-state index in [1.165, 1.54) is 16.7 Å². The number of carbonyl (C=O) groups is 1. The Bertz CT molecular complexity index is 2150. The van der Waals surface area contributed by atoms with E-state index in [2.05, 4.69) is 0 Å². The van der Waals surface area contributed by atoms with Gasteiger partial charge >= 0.3 is 11.7 Å². The Morgan fingerprint density at radius 3 is 2.53 bits per heavy atom. The summed E-state index contributed by atoms with van der Waals surface area (Å²) < 4.78 is 32.3. The molecule has 0 saturated carbocycles. The smallest absolute Gasteiger partial charge is 0.338 e. The number of halogens is 1. The molecule has 0 fully saturated rings. The summed E-state index contributed by atoms with van der Waals surface area (Å²) in [6.07, 6.45) is 1.53. The number of thiazole rings is 1. The molecule has 0 radical (unpaired) electrons. The zero-order valence-electron chi connectivity index (χ0n) is 23.9.